The van der Waals surface area contributed by atoms with Crippen molar-refractivity contribution >= 4 is 29.2 Å². The van der Waals surface area contributed by atoms with Crippen molar-refractivity contribution in [3.05, 3.63) is 11.8 Å². The van der Waals surface area contributed by atoms with Crippen molar-refractivity contribution in [2.24, 2.45) is 0 Å². The second-order valence-corrected chi connectivity index (χ2v) is 3.35. The van der Waals surface area contributed by atoms with Crippen LogP contribution in [0, 0.1) is 0 Å². The van der Waals surface area contributed by atoms with Gasteiger partial charge in [0.05, 0.1) is 12.7 Å². The Labute approximate surface area is 93.3 Å². The predicted molar refractivity (Wildman–Crippen MR) is 57.8 cm³/mol. The maximum atomic E-state index is 11.6. The van der Waals surface area contributed by atoms with Crippen molar-refractivity contribution in [2.75, 3.05) is 20.7 Å². The van der Waals surface area contributed by atoms with Gasteiger partial charge in [-0.15, -0.1) is 0 Å². The number of ether oxygens (including phenoxy) is 1. The van der Waals surface area contributed by atoms with E-state index in [1.165, 1.54) is 9.80 Å². The van der Waals surface area contributed by atoms with Crippen LogP contribution in [0.2, 0.25) is 0 Å². The zero-order chi connectivity index (χ0) is 11.6. The molecule has 0 aliphatic carbocycles. The van der Waals surface area contributed by atoms with E-state index in [2.05, 4.69) is 0 Å². The zero-order valence-corrected chi connectivity index (χ0v) is 9.63. The van der Waals surface area contributed by atoms with Crippen LogP contribution in [0.1, 0.15) is 6.92 Å². The highest BCUT2D eigenvalue weighted by atomic mass is 32.1. The van der Waals surface area contributed by atoms with Gasteiger partial charge in [0, 0.05) is 14.1 Å². The van der Waals surface area contributed by atoms with E-state index >= 15 is 0 Å². The number of carbonyl (C=O) groups is 2. The van der Waals surface area contributed by atoms with Gasteiger partial charge in [-0.05, 0) is 19.1 Å². The smallest absolute Gasteiger partial charge is 0.333 e. The van der Waals surface area contributed by atoms with Crippen LogP contribution in [0.5, 0.6) is 0 Å². The average molecular weight is 228 g/mol. The number of thiocarbonyl (C=S) groups is 1. The molecule has 0 bridgehead atoms. The first kappa shape index (κ1) is 11.6. The highest BCUT2D eigenvalue weighted by molar-refractivity contribution is 7.80. The lowest BCUT2D eigenvalue weighted by molar-refractivity contribution is -0.137. The fourth-order valence-corrected chi connectivity index (χ4v) is 1.37. The molecule has 0 radical (unpaired) electrons. The van der Waals surface area contributed by atoms with Gasteiger partial charge < -0.3 is 9.64 Å². The topological polar surface area (TPSA) is 49.9 Å². The molecular formula is C9H12N2O3S. The molecule has 82 valence electrons. The molecule has 1 heterocycles. The van der Waals surface area contributed by atoms with Crippen LogP contribution >= 0.6 is 12.2 Å². The molecule has 5 nitrogen and oxygen atoms in total. The second-order valence-electron chi connectivity index (χ2n) is 2.99. The lowest BCUT2D eigenvalue weighted by Gasteiger charge is -2.10. The Balaban J connectivity index is 2.91. The van der Waals surface area contributed by atoms with Crippen molar-refractivity contribution in [2.45, 2.75) is 6.92 Å². The molecule has 0 spiro atoms. The molecule has 1 amide bonds. The largest absolute Gasteiger partial charge is 0.463 e. The predicted octanol–water partition coefficient (Wildman–Crippen LogP) is 0.122. The number of likely N-dealkylation sites (N-methyl/N-ethyl adjacent to an activating group) is 2. The summed E-state index contributed by atoms with van der Waals surface area (Å²) in [6, 6.07) is 0. The summed E-state index contributed by atoms with van der Waals surface area (Å²) in [6.07, 6.45) is 1.15. The molecule has 0 N–H and O–H groups in total. The van der Waals surface area contributed by atoms with Gasteiger partial charge in [-0.1, -0.05) is 0 Å². The SMILES string of the molecule is CCOC(=O)/C=C1/C(=O)N(C)C(=S)N1C. The monoisotopic (exact) mass is 228 g/mol. The Morgan fingerprint density at radius 2 is 2.07 bits per heavy atom. The van der Waals surface area contributed by atoms with Gasteiger partial charge in [0.2, 0.25) is 0 Å². The maximum absolute atomic E-state index is 11.6. The van der Waals surface area contributed by atoms with Crippen molar-refractivity contribution in [1.82, 2.24) is 9.80 Å². The fourth-order valence-electron chi connectivity index (χ4n) is 1.18. The molecule has 1 rings (SSSR count). The third-order valence-corrected chi connectivity index (χ3v) is 2.55. The number of esters is 1. The molecule has 0 aromatic carbocycles. The van der Waals surface area contributed by atoms with E-state index in [1.54, 1.807) is 21.0 Å². The first-order valence-corrected chi connectivity index (χ1v) is 4.84. The molecule has 0 saturated carbocycles. The molecule has 0 aromatic heterocycles. The molecule has 15 heavy (non-hydrogen) atoms. The van der Waals surface area contributed by atoms with Gasteiger partial charge in [-0.2, -0.15) is 0 Å². The lowest BCUT2D eigenvalue weighted by atomic mass is 10.3. The Kier molecular flexibility index (Phi) is 3.41. The molecule has 1 aliphatic rings. The Morgan fingerprint density at radius 3 is 2.47 bits per heavy atom. The minimum atomic E-state index is -0.536. The minimum absolute atomic E-state index is 0.237. The quantitative estimate of drug-likeness (QED) is 0.382. The molecule has 1 saturated heterocycles. The highest BCUT2D eigenvalue weighted by Crippen LogP contribution is 2.17. The summed E-state index contributed by atoms with van der Waals surface area (Å²) in [5.41, 5.74) is 0.237. The number of rotatable bonds is 2. The van der Waals surface area contributed by atoms with Gasteiger partial charge in [0.1, 0.15) is 5.70 Å². The van der Waals surface area contributed by atoms with Gasteiger partial charge in [-0.3, -0.25) is 9.69 Å². The number of hydrogen-bond acceptors (Lipinski definition) is 4. The van der Waals surface area contributed by atoms with Crippen LogP contribution in [0.3, 0.4) is 0 Å². The van der Waals surface area contributed by atoms with Crippen molar-refractivity contribution in [3.63, 3.8) is 0 Å². The standard InChI is InChI=1S/C9H12N2O3S/c1-4-14-7(12)5-6-8(13)11(3)9(15)10(6)2/h5H,4H2,1-3H3/b6-5-. The average Bonchev–Trinajstić information content (AvgIpc) is 2.36. The summed E-state index contributed by atoms with van der Waals surface area (Å²) in [5, 5.41) is 0.371. The van der Waals surface area contributed by atoms with E-state index < -0.39 is 5.97 Å². The third kappa shape index (κ3) is 2.15. The second kappa shape index (κ2) is 4.39. The number of hydrogen-bond donors (Lipinski definition) is 0. The molecule has 0 atom stereocenters. The van der Waals surface area contributed by atoms with Crippen molar-refractivity contribution in [3.8, 4) is 0 Å². The lowest BCUT2D eigenvalue weighted by Crippen LogP contribution is -2.26. The minimum Gasteiger partial charge on any atom is -0.463 e. The van der Waals surface area contributed by atoms with Crippen molar-refractivity contribution in [1.29, 1.82) is 0 Å². The van der Waals surface area contributed by atoms with E-state index in [-0.39, 0.29) is 18.2 Å². The van der Waals surface area contributed by atoms with Gasteiger partial charge in [0.25, 0.3) is 5.91 Å². The van der Waals surface area contributed by atoms with Crippen LogP contribution in [-0.2, 0) is 14.3 Å². The van der Waals surface area contributed by atoms with Crippen molar-refractivity contribution < 1.29 is 14.3 Å². The summed E-state index contributed by atoms with van der Waals surface area (Å²) in [4.78, 5) is 25.5. The Hall–Kier alpha value is -1.43. The summed E-state index contributed by atoms with van der Waals surface area (Å²) in [5.74, 6) is -0.832. The number of amides is 1. The molecule has 6 heteroatoms. The fraction of sp³-hybridized carbons (Fsp3) is 0.444. The highest BCUT2D eigenvalue weighted by Gasteiger charge is 2.33. The van der Waals surface area contributed by atoms with Crippen LogP contribution in [-0.4, -0.2) is 47.5 Å². The summed E-state index contributed by atoms with van der Waals surface area (Å²) in [7, 11) is 3.20. The summed E-state index contributed by atoms with van der Waals surface area (Å²) >= 11 is 4.97. The maximum Gasteiger partial charge on any atom is 0.333 e. The van der Waals surface area contributed by atoms with Gasteiger partial charge >= 0.3 is 5.97 Å². The first-order valence-electron chi connectivity index (χ1n) is 4.43. The zero-order valence-electron chi connectivity index (χ0n) is 8.81. The van der Waals surface area contributed by atoms with Gasteiger partial charge in [-0.25, -0.2) is 4.79 Å². The van der Waals surface area contributed by atoms with E-state index in [0.29, 0.717) is 5.11 Å². The molecule has 0 unspecified atom stereocenters. The normalized spacial score (nSPS) is 19.0. The number of nitrogens with zero attached hydrogens (tertiary/aromatic N) is 2. The van der Waals surface area contributed by atoms with E-state index in [9.17, 15) is 9.59 Å². The Bertz CT molecular complexity index is 351. The Morgan fingerprint density at radius 1 is 1.47 bits per heavy atom. The van der Waals surface area contributed by atoms with Crippen LogP contribution in [0.25, 0.3) is 0 Å². The first-order chi connectivity index (χ1) is 6.99. The van der Waals surface area contributed by atoms with Crippen LogP contribution in [0.15, 0.2) is 11.8 Å². The molecular weight excluding hydrogens is 216 g/mol. The molecule has 1 fully saturated rings. The third-order valence-electron chi connectivity index (χ3n) is 2.00. The summed E-state index contributed by atoms with van der Waals surface area (Å²) < 4.78 is 4.71. The number of carbonyl (C=O) groups excluding carboxylic acids is 2. The van der Waals surface area contributed by atoms with Crippen LogP contribution in [0.4, 0.5) is 0 Å². The van der Waals surface area contributed by atoms with E-state index in [0.717, 1.165) is 6.08 Å². The van der Waals surface area contributed by atoms with Crippen LogP contribution < -0.4 is 0 Å². The molecule has 1 aliphatic heterocycles. The molecule has 0 aromatic rings. The van der Waals surface area contributed by atoms with Gasteiger partial charge in [0.15, 0.2) is 5.11 Å². The summed E-state index contributed by atoms with van der Waals surface area (Å²) in [6.45, 7) is 1.98. The van der Waals surface area contributed by atoms with E-state index in [4.69, 9.17) is 17.0 Å². The van der Waals surface area contributed by atoms with E-state index in [1.807, 2.05) is 0 Å².